The predicted molar refractivity (Wildman–Crippen MR) is 84.5 cm³/mol. The lowest BCUT2D eigenvalue weighted by molar-refractivity contribution is -0.124. The summed E-state index contributed by atoms with van der Waals surface area (Å²) in [6.07, 6.45) is 0.909. The minimum Gasteiger partial charge on any atom is -0.348 e. The number of benzene rings is 1. The normalized spacial score (nSPS) is 15.8. The molecule has 1 aromatic carbocycles. The van der Waals surface area contributed by atoms with Crippen LogP contribution in [0.1, 0.15) is 64.1 Å². The topological polar surface area (TPSA) is 55.1 Å². The van der Waals surface area contributed by atoms with Gasteiger partial charge in [0.25, 0.3) is 0 Å². The molecule has 0 aliphatic rings. The fourth-order valence-electron chi connectivity index (χ4n) is 2.07. The van der Waals surface area contributed by atoms with Gasteiger partial charge in [0.2, 0.25) is 5.91 Å². The van der Waals surface area contributed by atoms with Gasteiger partial charge in [0.15, 0.2) is 0 Å². The number of carbonyl (C=O) groups is 1. The number of nitrogens with one attached hydrogen (secondary N) is 1. The molecule has 1 rings (SSSR count). The Morgan fingerprint density at radius 2 is 1.60 bits per heavy atom. The van der Waals surface area contributed by atoms with E-state index >= 15 is 0 Å². The van der Waals surface area contributed by atoms with Crippen molar-refractivity contribution in [2.75, 3.05) is 0 Å². The van der Waals surface area contributed by atoms with Crippen LogP contribution in [-0.4, -0.2) is 11.9 Å². The SMILES string of the molecule is CC[C@H](C)[C@H](N)C(=O)NC(C)c1ccc(C(C)C)cc1. The summed E-state index contributed by atoms with van der Waals surface area (Å²) in [6.45, 7) is 10.4. The highest BCUT2D eigenvalue weighted by molar-refractivity contribution is 5.82. The minimum atomic E-state index is -0.433. The van der Waals surface area contributed by atoms with Crippen molar-refractivity contribution in [3.63, 3.8) is 0 Å². The van der Waals surface area contributed by atoms with Gasteiger partial charge in [-0.2, -0.15) is 0 Å². The second-order valence-corrected chi connectivity index (χ2v) is 5.96. The van der Waals surface area contributed by atoms with Crippen LogP contribution < -0.4 is 11.1 Å². The van der Waals surface area contributed by atoms with Gasteiger partial charge in [-0.1, -0.05) is 58.4 Å². The van der Waals surface area contributed by atoms with Crippen LogP contribution in [0.15, 0.2) is 24.3 Å². The Kier molecular flexibility index (Phi) is 6.21. The summed E-state index contributed by atoms with van der Waals surface area (Å²) >= 11 is 0. The monoisotopic (exact) mass is 276 g/mol. The molecule has 0 bridgehead atoms. The maximum absolute atomic E-state index is 12.1. The molecule has 0 aromatic heterocycles. The lowest BCUT2D eigenvalue weighted by Gasteiger charge is -2.21. The lowest BCUT2D eigenvalue weighted by atomic mass is 9.97. The van der Waals surface area contributed by atoms with E-state index in [1.165, 1.54) is 5.56 Å². The van der Waals surface area contributed by atoms with Gasteiger partial charge < -0.3 is 11.1 Å². The van der Waals surface area contributed by atoms with Gasteiger partial charge in [-0.05, 0) is 29.9 Å². The Morgan fingerprint density at radius 3 is 2.05 bits per heavy atom. The first kappa shape index (κ1) is 16.7. The first-order valence-electron chi connectivity index (χ1n) is 7.52. The zero-order valence-corrected chi connectivity index (χ0v) is 13.3. The zero-order valence-electron chi connectivity index (χ0n) is 13.3. The highest BCUT2D eigenvalue weighted by Gasteiger charge is 2.21. The number of amides is 1. The molecule has 0 radical (unpaired) electrons. The third-order valence-corrected chi connectivity index (χ3v) is 4.02. The molecular weight excluding hydrogens is 248 g/mol. The molecule has 20 heavy (non-hydrogen) atoms. The Balaban J connectivity index is 2.66. The summed E-state index contributed by atoms with van der Waals surface area (Å²) < 4.78 is 0. The fourth-order valence-corrected chi connectivity index (χ4v) is 2.07. The van der Waals surface area contributed by atoms with Crippen molar-refractivity contribution >= 4 is 5.91 Å². The van der Waals surface area contributed by atoms with Crippen LogP contribution in [0.5, 0.6) is 0 Å². The second-order valence-electron chi connectivity index (χ2n) is 5.96. The summed E-state index contributed by atoms with van der Waals surface area (Å²) in [4.78, 5) is 12.1. The third-order valence-electron chi connectivity index (χ3n) is 4.02. The summed E-state index contributed by atoms with van der Waals surface area (Å²) in [5, 5.41) is 3.00. The molecule has 3 N–H and O–H groups in total. The largest absolute Gasteiger partial charge is 0.348 e. The van der Waals surface area contributed by atoms with Gasteiger partial charge in [-0.3, -0.25) is 4.79 Å². The van der Waals surface area contributed by atoms with Crippen LogP contribution >= 0.6 is 0 Å². The van der Waals surface area contributed by atoms with E-state index in [1.54, 1.807) is 0 Å². The maximum atomic E-state index is 12.1. The quantitative estimate of drug-likeness (QED) is 0.837. The molecule has 1 unspecified atom stereocenters. The van der Waals surface area contributed by atoms with Crippen molar-refractivity contribution < 1.29 is 4.79 Å². The van der Waals surface area contributed by atoms with Crippen LogP contribution in [0.4, 0.5) is 0 Å². The first-order chi connectivity index (χ1) is 9.36. The summed E-state index contributed by atoms with van der Waals surface area (Å²) in [5.41, 5.74) is 8.37. The molecule has 112 valence electrons. The highest BCUT2D eigenvalue weighted by Crippen LogP contribution is 2.19. The number of rotatable bonds is 6. The average molecular weight is 276 g/mol. The third kappa shape index (κ3) is 4.34. The highest BCUT2D eigenvalue weighted by atomic mass is 16.2. The van der Waals surface area contributed by atoms with E-state index in [4.69, 9.17) is 5.73 Å². The Morgan fingerprint density at radius 1 is 1.10 bits per heavy atom. The van der Waals surface area contributed by atoms with Gasteiger partial charge in [0, 0.05) is 0 Å². The number of carbonyl (C=O) groups excluding carboxylic acids is 1. The molecule has 0 heterocycles. The van der Waals surface area contributed by atoms with Crippen LogP contribution in [0, 0.1) is 5.92 Å². The van der Waals surface area contributed by atoms with E-state index in [0.717, 1.165) is 12.0 Å². The number of hydrogen-bond acceptors (Lipinski definition) is 2. The van der Waals surface area contributed by atoms with Crippen molar-refractivity contribution in [2.45, 2.75) is 59.0 Å². The van der Waals surface area contributed by atoms with E-state index in [2.05, 4.69) is 43.4 Å². The molecule has 0 aliphatic heterocycles. The van der Waals surface area contributed by atoms with E-state index in [0.29, 0.717) is 5.92 Å². The number of nitrogens with two attached hydrogens (primary N) is 1. The smallest absolute Gasteiger partial charge is 0.237 e. The van der Waals surface area contributed by atoms with Gasteiger partial charge in [0.1, 0.15) is 0 Å². The predicted octanol–water partition coefficient (Wildman–Crippen LogP) is 3.36. The summed E-state index contributed by atoms with van der Waals surface area (Å²) in [7, 11) is 0. The van der Waals surface area contributed by atoms with Gasteiger partial charge in [0.05, 0.1) is 12.1 Å². The summed E-state index contributed by atoms with van der Waals surface area (Å²) in [6, 6.07) is 7.95. The van der Waals surface area contributed by atoms with Gasteiger partial charge in [-0.15, -0.1) is 0 Å². The fraction of sp³-hybridized carbons (Fsp3) is 0.588. The van der Waals surface area contributed by atoms with Crippen molar-refractivity contribution in [3.05, 3.63) is 35.4 Å². The Bertz CT molecular complexity index is 425. The standard InChI is InChI=1S/C17H28N2O/c1-6-12(4)16(18)17(20)19-13(5)15-9-7-14(8-10-15)11(2)3/h7-13,16H,6,18H2,1-5H3,(H,19,20)/t12-,13?,16-/m0/s1. The molecule has 0 fully saturated rings. The van der Waals surface area contributed by atoms with Crippen molar-refractivity contribution in [3.8, 4) is 0 Å². The Labute approximate surface area is 122 Å². The van der Waals surface area contributed by atoms with Crippen molar-refractivity contribution in [2.24, 2.45) is 11.7 Å². The van der Waals surface area contributed by atoms with Crippen LogP contribution in [0.3, 0.4) is 0 Å². The first-order valence-corrected chi connectivity index (χ1v) is 7.52. The molecule has 3 atom stereocenters. The van der Waals surface area contributed by atoms with Crippen LogP contribution in [0.2, 0.25) is 0 Å². The van der Waals surface area contributed by atoms with Gasteiger partial charge in [-0.25, -0.2) is 0 Å². The van der Waals surface area contributed by atoms with E-state index in [9.17, 15) is 4.79 Å². The summed E-state index contributed by atoms with van der Waals surface area (Å²) in [5.74, 6) is 0.651. The average Bonchev–Trinajstić information content (AvgIpc) is 2.45. The van der Waals surface area contributed by atoms with Crippen LogP contribution in [0.25, 0.3) is 0 Å². The van der Waals surface area contributed by atoms with Crippen LogP contribution in [-0.2, 0) is 4.79 Å². The molecule has 1 aromatic rings. The van der Waals surface area contributed by atoms with Gasteiger partial charge >= 0.3 is 0 Å². The Hall–Kier alpha value is -1.35. The maximum Gasteiger partial charge on any atom is 0.237 e. The van der Waals surface area contributed by atoms with Crippen molar-refractivity contribution in [1.82, 2.24) is 5.32 Å². The molecular formula is C17H28N2O. The molecule has 0 spiro atoms. The van der Waals surface area contributed by atoms with E-state index in [1.807, 2.05) is 20.8 Å². The molecule has 0 aliphatic carbocycles. The lowest BCUT2D eigenvalue weighted by Crippen LogP contribution is -2.45. The molecule has 1 amide bonds. The zero-order chi connectivity index (χ0) is 15.3. The second kappa shape index (κ2) is 7.44. The molecule has 0 saturated carbocycles. The molecule has 3 nitrogen and oxygen atoms in total. The van der Waals surface area contributed by atoms with E-state index < -0.39 is 6.04 Å². The number of hydrogen-bond donors (Lipinski definition) is 2. The van der Waals surface area contributed by atoms with E-state index in [-0.39, 0.29) is 17.9 Å². The minimum absolute atomic E-state index is 0.0150. The molecule has 0 saturated heterocycles. The van der Waals surface area contributed by atoms with Crippen molar-refractivity contribution in [1.29, 1.82) is 0 Å². The molecule has 3 heteroatoms.